The lowest BCUT2D eigenvalue weighted by atomic mass is 10.1. The SMILES string of the molecule is Cc1cc(C)cc(N2C(=NC(=O)COc3ccc(Cl)cc3)S[C@@H]3CS(=O)(=O)C[C@@H]32)c1. The van der Waals surface area contributed by atoms with Gasteiger partial charge < -0.3 is 9.64 Å². The second-order valence-corrected chi connectivity index (χ2v) is 11.3. The molecular formula is C21H21ClN2O4S2. The molecule has 0 N–H and O–H groups in total. The summed E-state index contributed by atoms with van der Waals surface area (Å²) >= 11 is 7.21. The quantitative estimate of drug-likeness (QED) is 0.687. The first-order valence-corrected chi connectivity index (χ1v) is 12.5. The molecule has 2 aliphatic rings. The van der Waals surface area contributed by atoms with E-state index in [0.29, 0.717) is 15.9 Å². The van der Waals surface area contributed by atoms with Crippen LogP contribution in [0.15, 0.2) is 47.5 Å². The number of rotatable bonds is 4. The Hall–Kier alpha value is -2.03. The van der Waals surface area contributed by atoms with E-state index in [4.69, 9.17) is 16.3 Å². The van der Waals surface area contributed by atoms with Crippen molar-refractivity contribution in [3.8, 4) is 5.75 Å². The van der Waals surface area contributed by atoms with Gasteiger partial charge in [-0.15, -0.1) is 0 Å². The lowest BCUT2D eigenvalue weighted by Crippen LogP contribution is -2.38. The number of carbonyl (C=O) groups is 1. The number of carbonyl (C=O) groups excluding carboxylic acids is 1. The Morgan fingerprint density at radius 1 is 1.17 bits per heavy atom. The number of nitrogens with zero attached hydrogens (tertiary/aromatic N) is 2. The highest BCUT2D eigenvalue weighted by atomic mass is 35.5. The number of aryl methyl sites for hydroxylation is 2. The molecule has 2 aliphatic heterocycles. The van der Waals surface area contributed by atoms with Gasteiger partial charge in [0.1, 0.15) is 5.75 Å². The third-order valence-corrected chi connectivity index (χ3v) is 8.41. The molecule has 2 heterocycles. The van der Waals surface area contributed by atoms with Crippen LogP contribution in [0.3, 0.4) is 0 Å². The Bertz CT molecular complexity index is 1100. The summed E-state index contributed by atoms with van der Waals surface area (Å²) in [5.41, 5.74) is 2.99. The number of fused-ring (bicyclic) bond motifs is 1. The van der Waals surface area contributed by atoms with Crippen molar-refractivity contribution in [3.63, 3.8) is 0 Å². The predicted molar refractivity (Wildman–Crippen MR) is 122 cm³/mol. The van der Waals surface area contributed by atoms with Gasteiger partial charge in [-0.1, -0.05) is 29.4 Å². The van der Waals surface area contributed by atoms with Gasteiger partial charge in [-0.05, 0) is 61.4 Å². The lowest BCUT2D eigenvalue weighted by Gasteiger charge is -2.25. The number of aliphatic imine (C=N–C) groups is 1. The largest absolute Gasteiger partial charge is 0.484 e. The molecule has 0 aliphatic carbocycles. The van der Waals surface area contributed by atoms with E-state index in [-0.39, 0.29) is 29.4 Å². The molecule has 2 aromatic carbocycles. The van der Waals surface area contributed by atoms with Crippen LogP contribution in [0, 0.1) is 13.8 Å². The number of halogens is 1. The highest BCUT2D eigenvalue weighted by Crippen LogP contribution is 2.41. The molecule has 9 heteroatoms. The van der Waals surface area contributed by atoms with Crippen LogP contribution >= 0.6 is 23.4 Å². The van der Waals surface area contributed by atoms with Crippen molar-refractivity contribution in [2.24, 2.45) is 4.99 Å². The fourth-order valence-corrected chi connectivity index (χ4v) is 7.83. The van der Waals surface area contributed by atoms with E-state index in [1.54, 1.807) is 24.3 Å². The summed E-state index contributed by atoms with van der Waals surface area (Å²) in [4.78, 5) is 18.7. The summed E-state index contributed by atoms with van der Waals surface area (Å²) in [5.74, 6) is 0.260. The molecular weight excluding hydrogens is 444 g/mol. The van der Waals surface area contributed by atoms with E-state index < -0.39 is 15.7 Å². The molecule has 0 bridgehead atoms. The number of amidine groups is 1. The molecule has 4 rings (SSSR count). The third kappa shape index (κ3) is 4.66. The molecule has 158 valence electrons. The highest BCUT2D eigenvalue weighted by molar-refractivity contribution is 8.16. The van der Waals surface area contributed by atoms with Gasteiger partial charge in [0.05, 0.1) is 17.5 Å². The molecule has 0 spiro atoms. The second kappa shape index (κ2) is 8.24. The van der Waals surface area contributed by atoms with Gasteiger partial charge in [0.15, 0.2) is 21.6 Å². The van der Waals surface area contributed by atoms with Crippen LogP contribution in [-0.2, 0) is 14.6 Å². The Morgan fingerprint density at radius 3 is 2.50 bits per heavy atom. The van der Waals surface area contributed by atoms with E-state index in [9.17, 15) is 13.2 Å². The summed E-state index contributed by atoms with van der Waals surface area (Å²) in [6.07, 6.45) is 0. The molecule has 6 nitrogen and oxygen atoms in total. The summed E-state index contributed by atoms with van der Waals surface area (Å²) in [7, 11) is -3.11. The fraction of sp³-hybridized carbons (Fsp3) is 0.333. The molecule has 2 saturated heterocycles. The molecule has 2 fully saturated rings. The Kier molecular flexibility index (Phi) is 5.83. The second-order valence-electron chi connectivity index (χ2n) is 7.55. The average molecular weight is 465 g/mol. The van der Waals surface area contributed by atoms with E-state index in [1.165, 1.54) is 11.8 Å². The maximum absolute atomic E-state index is 12.5. The number of benzene rings is 2. The smallest absolute Gasteiger partial charge is 0.285 e. The van der Waals surface area contributed by atoms with Crippen molar-refractivity contribution in [3.05, 3.63) is 58.6 Å². The van der Waals surface area contributed by atoms with Crippen LogP contribution in [0.25, 0.3) is 0 Å². The van der Waals surface area contributed by atoms with E-state index in [0.717, 1.165) is 16.8 Å². The van der Waals surface area contributed by atoms with E-state index >= 15 is 0 Å². The first kappa shape index (κ1) is 21.2. The maximum Gasteiger partial charge on any atom is 0.285 e. The minimum Gasteiger partial charge on any atom is -0.484 e. The van der Waals surface area contributed by atoms with Gasteiger partial charge in [0, 0.05) is 16.0 Å². The van der Waals surface area contributed by atoms with Crippen LogP contribution in [0.2, 0.25) is 5.02 Å². The first-order valence-electron chi connectivity index (χ1n) is 9.45. The zero-order valence-electron chi connectivity index (χ0n) is 16.5. The van der Waals surface area contributed by atoms with E-state index in [1.807, 2.05) is 30.9 Å². The Labute approximate surface area is 185 Å². The summed E-state index contributed by atoms with van der Waals surface area (Å²) < 4.78 is 29.9. The molecule has 1 amide bonds. The van der Waals surface area contributed by atoms with Crippen molar-refractivity contribution in [1.29, 1.82) is 0 Å². The van der Waals surface area contributed by atoms with Crippen molar-refractivity contribution in [2.75, 3.05) is 23.0 Å². The number of hydrogen-bond donors (Lipinski definition) is 0. The molecule has 0 aromatic heterocycles. The van der Waals surface area contributed by atoms with Crippen molar-refractivity contribution >= 4 is 50.0 Å². The minimum absolute atomic E-state index is 0.0616. The normalized spacial score (nSPS) is 23.6. The highest BCUT2D eigenvalue weighted by Gasteiger charge is 2.49. The summed E-state index contributed by atoms with van der Waals surface area (Å²) in [6, 6.07) is 12.5. The van der Waals surface area contributed by atoms with Crippen LogP contribution in [0.1, 0.15) is 11.1 Å². The molecule has 2 aromatic rings. The molecule has 0 radical (unpaired) electrons. The third-order valence-electron chi connectivity index (χ3n) is 4.95. The minimum atomic E-state index is -3.11. The van der Waals surface area contributed by atoms with Crippen LogP contribution in [0.5, 0.6) is 5.75 Å². The average Bonchev–Trinajstić information content (AvgIpc) is 3.11. The van der Waals surface area contributed by atoms with E-state index in [2.05, 4.69) is 11.1 Å². The zero-order chi connectivity index (χ0) is 21.5. The number of sulfone groups is 1. The van der Waals surface area contributed by atoms with Gasteiger partial charge in [-0.3, -0.25) is 4.79 Å². The number of ether oxygens (including phenoxy) is 1. The molecule has 30 heavy (non-hydrogen) atoms. The van der Waals surface area contributed by atoms with Crippen LogP contribution < -0.4 is 9.64 Å². The van der Waals surface area contributed by atoms with Crippen molar-refractivity contribution in [1.82, 2.24) is 0 Å². The van der Waals surface area contributed by atoms with Gasteiger partial charge >= 0.3 is 0 Å². The number of amides is 1. The predicted octanol–water partition coefficient (Wildman–Crippen LogP) is 3.64. The maximum atomic E-state index is 12.5. The van der Waals surface area contributed by atoms with Crippen LogP contribution in [-0.4, -0.2) is 48.9 Å². The Balaban J connectivity index is 1.58. The summed E-state index contributed by atoms with van der Waals surface area (Å²) in [5, 5.41) is 0.969. The van der Waals surface area contributed by atoms with Gasteiger partial charge in [-0.25, -0.2) is 8.42 Å². The monoisotopic (exact) mass is 464 g/mol. The molecule has 2 atom stereocenters. The number of hydrogen-bond acceptors (Lipinski definition) is 5. The number of thioether (sulfide) groups is 1. The first-order chi connectivity index (χ1) is 14.2. The van der Waals surface area contributed by atoms with Crippen LogP contribution in [0.4, 0.5) is 5.69 Å². The summed E-state index contributed by atoms with van der Waals surface area (Å²) in [6.45, 7) is 3.77. The molecule has 0 saturated carbocycles. The van der Waals surface area contributed by atoms with Gasteiger partial charge in [-0.2, -0.15) is 4.99 Å². The van der Waals surface area contributed by atoms with Crippen molar-refractivity contribution in [2.45, 2.75) is 25.1 Å². The fourth-order valence-electron chi connectivity index (χ4n) is 3.77. The Morgan fingerprint density at radius 2 is 1.83 bits per heavy atom. The lowest BCUT2D eigenvalue weighted by molar-refractivity contribution is -0.119. The van der Waals surface area contributed by atoms with Gasteiger partial charge in [0.2, 0.25) is 0 Å². The van der Waals surface area contributed by atoms with Gasteiger partial charge in [0.25, 0.3) is 5.91 Å². The topological polar surface area (TPSA) is 76.0 Å². The standard InChI is InChI=1S/C21H21ClN2O4S2/c1-13-7-14(2)9-16(8-13)24-18-11-30(26,27)12-19(18)29-21(24)23-20(25)10-28-17-5-3-15(22)4-6-17/h3-9,18-19H,10-12H2,1-2H3/t18-,19+/m0/s1. The molecule has 0 unspecified atom stereocenters. The number of anilines is 1. The van der Waals surface area contributed by atoms with Crippen molar-refractivity contribution < 1.29 is 17.9 Å². The zero-order valence-corrected chi connectivity index (χ0v) is 18.9.